The van der Waals surface area contributed by atoms with Gasteiger partial charge in [-0.1, -0.05) is 12.1 Å². The molecule has 0 radical (unpaired) electrons. The smallest absolute Gasteiger partial charge is 0.337 e. The third kappa shape index (κ3) is 2.98. The molecule has 1 aromatic rings. The summed E-state index contributed by atoms with van der Waals surface area (Å²) in [6, 6.07) is 4.48. The molecule has 0 saturated heterocycles. The predicted molar refractivity (Wildman–Crippen MR) is 61.9 cm³/mol. The number of ether oxygens (including phenoxy) is 2. The Balaban J connectivity index is 2.99. The van der Waals surface area contributed by atoms with Crippen LogP contribution in [0.3, 0.4) is 0 Å². The maximum atomic E-state index is 11.1. The van der Waals surface area contributed by atoms with Gasteiger partial charge in [0.15, 0.2) is 6.10 Å². The molecule has 6 nitrogen and oxygen atoms in total. The Bertz CT molecular complexity index is 417. The van der Waals surface area contributed by atoms with Gasteiger partial charge in [-0.15, -0.1) is 0 Å². The second-order valence-corrected chi connectivity index (χ2v) is 3.64. The van der Waals surface area contributed by atoms with Gasteiger partial charge in [0.25, 0.3) is 0 Å². The molecule has 1 aromatic carbocycles. The van der Waals surface area contributed by atoms with Crippen LogP contribution in [0.1, 0.15) is 17.2 Å². The number of benzene rings is 1. The van der Waals surface area contributed by atoms with Crippen LogP contribution in [-0.4, -0.2) is 41.6 Å². The molecule has 18 heavy (non-hydrogen) atoms. The minimum absolute atomic E-state index is 0.209. The maximum absolute atomic E-state index is 11.1. The number of hydrogen-bond acceptors (Lipinski definition) is 6. The van der Waals surface area contributed by atoms with E-state index in [1.165, 1.54) is 19.2 Å². The van der Waals surface area contributed by atoms with Gasteiger partial charge >= 0.3 is 5.97 Å². The van der Waals surface area contributed by atoms with Crippen molar-refractivity contribution in [3.63, 3.8) is 0 Å². The molecule has 0 heterocycles. The molecule has 0 spiro atoms. The van der Waals surface area contributed by atoms with Crippen molar-refractivity contribution in [2.24, 2.45) is 0 Å². The summed E-state index contributed by atoms with van der Waals surface area (Å²) in [5, 5.41) is 28.4. The lowest BCUT2D eigenvalue weighted by atomic mass is 10.0. The molecule has 0 fully saturated rings. The van der Waals surface area contributed by atoms with E-state index in [9.17, 15) is 15.0 Å². The molecule has 0 aliphatic rings. The fourth-order valence-corrected chi connectivity index (χ4v) is 1.51. The van der Waals surface area contributed by atoms with Gasteiger partial charge in [-0.25, -0.2) is 4.79 Å². The van der Waals surface area contributed by atoms with Gasteiger partial charge in [0, 0.05) is 5.56 Å². The number of carbonyl (C=O) groups excluding carboxylic acids is 1. The van der Waals surface area contributed by atoms with Crippen LogP contribution in [0.2, 0.25) is 0 Å². The number of aliphatic hydroxyl groups excluding tert-OH is 3. The zero-order valence-electron chi connectivity index (χ0n) is 10.2. The van der Waals surface area contributed by atoms with E-state index in [1.807, 2.05) is 0 Å². The van der Waals surface area contributed by atoms with Crippen molar-refractivity contribution in [2.75, 3.05) is 14.2 Å². The fraction of sp³-hybridized carbons (Fsp3) is 0.417. The Kier molecular flexibility index (Phi) is 5.08. The number of esters is 1. The summed E-state index contributed by atoms with van der Waals surface area (Å²) in [5.74, 6) is -0.557. The second-order valence-electron chi connectivity index (χ2n) is 3.64. The van der Waals surface area contributed by atoms with Crippen LogP contribution in [0.25, 0.3) is 0 Å². The number of aliphatic hydroxyl groups is 3. The van der Waals surface area contributed by atoms with Crippen LogP contribution in [0.5, 0.6) is 5.75 Å². The Morgan fingerprint density at radius 3 is 2.50 bits per heavy atom. The first kappa shape index (κ1) is 14.4. The molecular formula is C12H16O6. The van der Waals surface area contributed by atoms with Gasteiger partial charge in [0.05, 0.1) is 20.8 Å². The Labute approximate surface area is 104 Å². The van der Waals surface area contributed by atoms with Gasteiger partial charge in [-0.05, 0) is 11.6 Å². The van der Waals surface area contributed by atoms with E-state index in [1.54, 1.807) is 6.07 Å². The first-order chi connectivity index (χ1) is 8.54. The molecule has 3 N–H and O–H groups in total. The van der Waals surface area contributed by atoms with Gasteiger partial charge < -0.3 is 24.8 Å². The Hall–Kier alpha value is -1.63. The molecule has 2 atom stereocenters. The summed E-state index contributed by atoms with van der Waals surface area (Å²) in [6.07, 6.45) is -3.08. The van der Waals surface area contributed by atoms with Crippen molar-refractivity contribution in [3.05, 3.63) is 29.3 Å². The highest BCUT2D eigenvalue weighted by Gasteiger charge is 2.27. The predicted octanol–water partition coefficient (Wildman–Crippen LogP) is -0.245. The minimum Gasteiger partial charge on any atom is -0.496 e. The van der Waals surface area contributed by atoms with Crippen LogP contribution in [0, 0.1) is 0 Å². The molecule has 0 amide bonds. The standard InChI is InChI=1S/C12H16O6/c1-17-9-5-7(3-4-8(9)6-13)10(14)11(15)12(16)18-2/h3-5,10-11,13-15H,6H2,1-2H3. The maximum Gasteiger partial charge on any atom is 0.337 e. The summed E-state index contributed by atoms with van der Waals surface area (Å²) in [7, 11) is 2.54. The highest BCUT2D eigenvalue weighted by molar-refractivity contribution is 5.75. The summed E-state index contributed by atoms with van der Waals surface area (Å²) in [6.45, 7) is -0.209. The summed E-state index contributed by atoms with van der Waals surface area (Å²) < 4.78 is 9.36. The third-order valence-electron chi connectivity index (χ3n) is 2.56. The van der Waals surface area contributed by atoms with Crippen molar-refractivity contribution in [3.8, 4) is 5.75 Å². The number of methoxy groups -OCH3 is 2. The first-order valence-electron chi connectivity index (χ1n) is 5.26. The molecule has 0 saturated carbocycles. The molecule has 100 valence electrons. The summed E-state index contributed by atoms with van der Waals surface area (Å²) in [5.41, 5.74) is 0.836. The normalized spacial score (nSPS) is 13.8. The van der Waals surface area contributed by atoms with E-state index in [0.717, 1.165) is 7.11 Å². The minimum atomic E-state index is -1.67. The fourth-order valence-electron chi connectivity index (χ4n) is 1.51. The van der Waals surface area contributed by atoms with Gasteiger partial charge in [-0.3, -0.25) is 0 Å². The largest absolute Gasteiger partial charge is 0.496 e. The van der Waals surface area contributed by atoms with Crippen LogP contribution in [0.4, 0.5) is 0 Å². The van der Waals surface area contributed by atoms with Crippen LogP contribution in [-0.2, 0) is 16.1 Å². The van der Waals surface area contributed by atoms with E-state index in [4.69, 9.17) is 9.84 Å². The van der Waals surface area contributed by atoms with Gasteiger partial charge in [0.1, 0.15) is 11.9 Å². The average Bonchev–Trinajstić information content (AvgIpc) is 2.43. The van der Waals surface area contributed by atoms with Crippen molar-refractivity contribution in [1.82, 2.24) is 0 Å². The number of carbonyl (C=O) groups is 1. The second kappa shape index (κ2) is 6.34. The SMILES string of the molecule is COC(=O)C(O)C(O)c1ccc(CO)c(OC)c1. The summed E-state index contributed by atoms with van der Waals surface area (Å²) in [4.78, 5) is 11.1. The molecule has 0 aliphatic heterocycles. The lowest BCUT2D eigenvalue weighted by Gasteiger charge is -2.17. The zero-order chi connectivity index (χ0) is 13.7. The van der Waals surface area contributed by atoms with E-state index in [-0.39, 0.29) is 6.61 Å². The highest BCUT2D eigenvalue weighted by Crippen LogP contribution is 2.26. The first-order valence-corrected chi connectivity index (χ1v) is 5.26. The number of hydrogen-bond donors (Lipinski definition) is 3. The highest BCUT2D eigenvalue weighted by atomic mass is 16.5. The Morgan fingerprint density at radius 1 is 1.33 bits per heavy atom. The van der Waals surface area contributed by atoms with Crippen molar-refractivity contribution >= 4 is 5.97 Å². The summed E-state index contributed by atoms with van der Waals surface area (Å²) >= 11 is 0. The topological polar surface area (TPSA) is 96.2 Å². The molecular weight excluding hydrogens is 240 g/mol. The molecule has 6 heteroatoms. The lowest BCUT2D eigenvalue weighted by Crippen LogP contribution is -2.29. The Morgan fingerprint density at radius 2 is 2.00 bits per heavy atom. The van der Waals surface area contributed by atoms with Gasteiger partial charge in [0.2, 0.25) is 0 Å². The molecule has 2 unspecified atom stereocenters. The quantitative estimate of drug-likeness (QED) is 0.629. The van der Waals surface area contributed by atoms with Gasteiger partial charge in [-0.2, -0.15) is 0 Å². The van der Waals surface area contributed by atoms with Crippen LogP contribution in [0.15, 0.2) is 18.2 Å². The van der Waals surface area contributed by atoms with Crippen LogP contribution >= 0.6 is 0 Å². The lowest BCUT2D eigenvalue weighted by molar-refractivity contribution is -0.156. The zero-order valence-corrected chi connectivity index (χ0v) is 10.2. The monoisotopic (exact) mass is 256 g/mol. The van der Waals surface area contributed by atoms with E-state index >= 15 is 0 Å². The van der Waals surface area contributed by atoms with Crippen molar-refractivity contribution in [2.45, 2.75) is 18.8 Å². The third-order valence-corrected chi connectivity index (χ3v) is 2.56. The van der Waals surface area contributed by atoms with Crippen molar-refractivity contribution < 1.29 is 29.6 Å². The molecule has 1 rings (SSSR count). The van der Waals surface area contributed by atoms with Crippen molar-refractivity contribution in [1.29, 1.82) is 0 Å². The molecule has 0 aliphatic carbocycles. The molecule has 0 bridgehead atoms. The van der Waals surface area contributed by atoms with E-state index in [0.29, 0.717) is 16.9 Å². The van der Waals surface area contributed by atoms with Crippen LogP contribution < -0.4 is 4.74 Å². The average molecular weight is 256 g/mol. The molecule has 0 aromatic heterocycles. The van der Waals surface area contributed by atoms with E-state index < -0.39 is 18.2 Å². The van der Waals surface area contributed by atoms with E-state index in [2.05, 4.69) is 4.74 Å². The number of rotatable bonds is 5.